The van der Waals surface area contributed by atoms with Gasteiger partial charge in [-0.15, -0.1) is 0 Å². The summed E-state index contributed by atoms with van der Waals surface area (Å²) in [6.45, 7) is 4.05. The van der Waals surface area contributed by atoms with Crippen molar-refractivity contribution in [1.82, 2.24) is 10.2 Å². The molecule has 1 amide bonds. The lowest BCUT2D eigenvalue weighted by atomic mass is 9.94. The molecule has 0 aromatic heterocycles. The van der Waals surface area contributed by atoms with Crippen LogP contribution in [0.15, 0.2) is 42.5 Å². The summed E-state index contributed by atoms with van der Waals surface area (Å²) in [6.07, 6.45) is 2.34. The van der Waals surface area contributed by atoms with Crippen LogP contribution < -0.4 is 10.1 Å². The topological polar surface area (TPSA) is 41.6 Å². The predicted octanol–water partition coefficient (Wildman–Crippen LogP) is 4.97. The molecule has 1 N–H and O–H groups in total. The van der Waals surface area contributed by atoms with Gasteiger partial charge in [-0.1, -0.05) is 36.7 Å². The number of nitrogens with one attached hydrogen (secondary N) is 1. The third-order valence-electron chi connectivity index (χ3n) is 5.64. The number of piperidine rings is 1. The molecule has 156 valence electrons. The molecular weight excluding hydrogens is 391 g/mol. The van der Waals surface area contributed by atoms with Gasteiger partial charge in [0.05, 0.1) is 13.2 Å². The highest BCUT2D eigenvalue weighted by Gasteiger charge is 2.27. The number of likely N-dealkylation sites (tertiary alicyclic amines) is 1. The van der Waals surface area contributed by atoms with Gasteiger partial charge >= 0.3 is 0 Å². The minimum atomic E-state index is -0.275. The number of carbonyl (C=O) groups is 1. The van der Waals surface area contributed by atoms with Gasteiger partial charge in [-0.25, -0.2) is 4.39 Å². The highest BCUT2D eigenvalue weighted by molar-refractivity contribution is 6.31. The molecule has 0 spiro atoms. The molecule has 29 heavy (non-hydrogen) atoms. The average molecular weight is 419 g/mol. The van der Waals surface area contributed by atoms with Crippen molar-refractivity contribution >= 4 is 17.5 Å². The third-order valence-corrected chi connectivity index (χ3v) is 6.00. The summed E-state index contributed by atoms with van der Waals surface area (Å²) in [5.41, 5.74) is 1.61. The van der Waals surface area contributed by atoms with Crippen LogP contribution >= 0.6 is 11.6 Å². The maximum Gasteiger partial charge on any atom is 0.223 e. The Balaban J connectivity index is 1.53. The van der Waals surface area contributed by atoms with E-state index in [9.17, 15) is 9.18 Å². The first-order chi connectivity index (χ1) is 14.0. The second-order valence-corrected chi connectivity index (χ2v) is 7.90. The molecule has 6 heteroatoms. The first kappa shape index (κ1) is 21.6. The molecule has 0 bridgehead atoms. The number of amides is 1. The Kier molecular flexibility index (Phi) is 7.51. The third kappa shape index (κ3) is 5.49. The van der Waals surface area contributed by atoms with Crippen LogP contribution in [-0.2, 0) is 11.3 Å². The first-order valence-corrected chi connectivity index (χ1v) is 10.5. The average Bonchev–Trinajstić information content (AvgIpc) is 2.75. The number of rotatable bonds is 7. The number of halogens is 2. The Morgan fingerprint density at radius 2 is 1.93 bits per heavy atom. The lowest BCUT2D eigenvalue weighted by Crippen LogP contribution is -2.41. The molecule has 2 aromatic carbocycles. The lowest BCUT2D eigenvalue weighted by Gasteiger charge is -2.32. The van der Waals surface area contributed by atoms with Crippen molar-refractivity contribution in [1.29, 1.82) is 0 Å². The van der Waals surface area contributed by atoms with E-state index < -0.39 is 0 Å². The minimum Gasteiger partial charge on any atom is -0.497 e. The fraction of sp³-hybridized carbons (Fsp3) is 0.435. The molecule has 1 saturated heterocycles. The number of methoxy groups -OCH3 is 1. The van der Waals surface area contributed by atoms with E-state index in [4.69, 9.17) is 16.3 Å². The van der Waals surface area contributed by atoms with Crippen LogP contribution in [0.25, 0.3) is 0 Å². The van der Waals surface area contributed by atoms with E-state index in [1.165, 1.54) is 6.07 Å². The van der Waals surface area contributed by atoms with Gasteiger partial charge in [0.1, 0.15) is 11.6 Å². The van der Waals surface area contributed by atoms with E-state index in [2.05, 4.69) is 17.1 Å². The van der Waals surface area contributed by atoms with Gasteiger partial charge in [0.25, 0.3) is 0 Å². The van der Waals surface area contributed by atoms with E-state index in [1.807, 2.05) is 24.3 Å². The molecular formula is C23H28ClFN2O2. The van der Waals surface area contributed by atoms with Crippen LogP contribution in [-0.4, -0.2) is 31.0 Å². The molecule has 0 radical (unpaired) electrons. The Labute approximate surface area is 177 Å². The van der Waals surface area contributed by atoms with Crippen molar-refractivity contribution < 1.29 is 13.9 Å². The summed E-state index contributed by atoms with van der Waals surface area (Å²) in [7, 11) is 1.64. The molecule has 0 saturated carbocycles. The van der Waals surface area contributed by atoms with Gasteiger partial charge in [0.2, 0.25) is 5.91 Å². The molecule has 1 unspecified atom stereocenters. The fourth-order valence-electron chi connectivity index (χ4n) is 3.81. The Morgan fingerprint density at radius 1 is 1.24 bits per heavy atom. The number of hydrogen-bond donors (Lipinski definition) is 1. The van der Waals surface area contributed by atoms with E-state index in [0.717, 1.165) is 43.7 Å². The number of benzene rings is 2. The first-order valence-electron chi connectivity index (χ1n) is 10.1. The van der Waals surface area contributed by atoms with Gasteiger partial charge in [-0.05, 0) is 62.2 Å². The van der Waals surface area contributed by atoms with Gasteiger partial charge in [-0.2, -0.15) is 0 Å². The molecule has 0 aliphatic carbocycles. The van der Waals surface area contributed by atoms with Gasteiger partial charge in [0.15, 0.2) is 0 Å². The predicted molar refractivity (Wildman–Crippen MR) is 114 cm³/mol. The van der Waals surface area contributed by atoms with E-state index in [0.29, 0.717) is 17.1 Å². The molecule has 1 aliphatic rings. The van der Waals surface area contributed by atoms with Crippen LogP contribution in [0.4, 0.5) is 4.39 Å². The van der Waals surface area contributed by atoms with E-state index in [-0.39, 0.29) is 23.7 Å². The highest BCUT2D eigenvalue weighted by Crippen LogP contribution is 2.26. The summed E-state index contributed by atoms with van der Waals surface area (Å²) >= 11 is 6.14. The van der Waals surface area contributed by atoms with Crippen LogP contribution in [0.3, 0.4) is 0 Å². The standard InChI is InChI=1S/C23H28ClFN2O2/c1-3-22(16-7-9-18(29-2)10-8-16)26-23(28)17-11-13-27(14-12-17)15-19-20(24)5-4-6-21(19)25/h4-10,17,22H,3,11-15H2,1-2H3,(H,26,28). The van der Waals surface area contributed by atoms with Crippen LogP contribution in [0.2, 0.25) is 5.02 Å². The SMILES string of the molecule is CCC(NC(=O)C1CCN(Cc2c(F)cccc2Cl)CC1)c1ccc(OC)cc1. The molecule has 1 fully saturated rings. The Hall–Kier alpha value is -2.11. The van der Waals surface area contributed by atoms with Crippen molar-refractivity contribution in [2.45, 2.75) is 38.8 Å². The van der Waals surface area contributed by atoms with Gasteiger partial charge in [-0.3, -0.25) is 9.69 Å². The van der Waals surface area contributed by atoms with Crippen molar-refractivity contribution in [3.63, 3.8) is 0 Å². The Bertz CT molecular complexity index is 800. The van der Waals surface area contributed by atoms with Gasteiger partial charge < -0.3 is 10.1 Å². The molecule has 1 heterocycles. The zero-order valence-electron chi connectivity index (χ0n) is 17.0. The summed E-state index contributed by atoms with van der Waals surface area (Å²) in [5, 5.41) is 3.65. The van der Waals surface area contributed by atoms with Crippen LogP contribution in [0.5, 0.6) is 5.75 Å². The second-order valence-electron chi connectivity index (χ2n) is 7.49. The van der Waals surface area contributed by atoms with E-state index in [1.54, 1.807) is 19.2 Å². The summed E-state index contributed by atoms with van der Waals surface area (Å²) in [6, 6.07) is 12.6. The fourth-order valence-corrected chi connectivity index (χ4v) is 4.03. The number of ether oxygens (including phenoxy) is 1. The number of hydrogen-bond acceptors (Lipinski definition) is 3. The minimum absolute atomic E-state index is 0.0105. The van der Waals surface area contributed by atoms with Crippen molar-refractivity contribution in [2.75, 3.05) is 20.2 Å². The zero-order valence-corrected chi connectivity index (χ0v) is 17.7. The second kappa shape index (κ2) is 10.1. The van der Waals surface area contributed by atoms with Crippen molar-refractivity contribution in [2.24, 2.45) is 5.92 Å². The molecule has 4 nitrogen and oxygen atoms in total. The van der Waals surface area contributed by atoms with E-state index >= 15 is 0 Å². The molecule has 2 aromatic rings. The zero-order chi connectivity index (χ0) is 20.8. The largest absolute Gasteiger partial charge is 0.497 e. The lowest BCUT2D eigenvalue weighted by molar-refractivity contribution is -0.127. The van der Waals surface area contributed by atoms with Crippen molar-refractivity contribution in [3.8, 4) is 5.75 Å². The number of carbonyl (C=O) groups excluding carboxylic acids is 1. The summed E-state index contributed by atoms with van der Waals surface area (Å²) in [5.74, 6) is 0.603. The molecule has 1 aliphatic heterocycles. The molecule has 1 atom stereocenters. The summed E-state index contributed by atoms with van der Waals surface area (Å²) < 4.78 is 19.2. The van der Waals surface area contributed by atoms with Crippen LogP contribution in [0, 0.1) is 11.7 Å². The van der Waals surface area contributed by atoms with Gasteiger partial charge in [0, 0.05) is 23.0 Å². The maximum absolute atomic E-state index is 14.0. The summed E-state index contributed by atoms with van der Waals surface area (Å²) in [4.78, 5) is 15.0. The normalized spacial score (nSPS) is 16.4. The quantitative estimate of drug-likeness (QED) is 0.690. The number of nitrogens with zero attached hydrogens (tertiary/aromatic N) is 1. The van der Waals surface area contributed by atoms with Crippen LogP contribution in [0.1, 0.15) is 43.4 Å². The van der Waals surface area contributed by atoms with Crippen molar-refractivity contribution in [3.05, 3.63) is 64.4 Å². The Morgan fingerprint density at radius 3 is 2.52 bits per heavy atom. The monoisotopic (exact) mass is 418 g/mol. The molecule has 3 rings (SSSR count). The highest BCUT2D eigenvalue weighted by atomic mass is 35.5. The maximum atomic E-state index is 14.0. The smallest absolute Gasteiger partial charge is 0.223 e.